The van der Waals surface area contributed by atoms with Crippen molar-refractivity contribution >= 4 is 0 Å². The van der Waals surface area contributed by atoms with E-state index in [1.807, 2.05) is 0 Å². The maximum atomic E-state index is 7.50. The van der Waals surface area contributed by atoms with Gasteiger partial charge in [-0.1, -0.05) is 22.3 Å². The molecule has 0 atom stereocenters. The summed E-state index contributed by atoms with van der Waals surface area (Å²) in [5.74, 6) is 0. The Bertz CT molecular complexity index is 73.7. The molecule has 0 unspecified atom stereocenters. The molecule has 0 aromatic rings. The predicted octanol–water partition coefficient (Wildman–Crippen LogP) is 1.96. The van der Waals surface area contributed by atoms with E-state index in [0.717, 1.165) is 0 Å². The summed E-state index contributed by atoms with van der Waals surface area (Å²) in [6, 6.07) is 0. The second-order valence-electron chi connectivity index (χ2n) is 0. The van der Waals surface area contributed by atoms with E-state index >= 15 is 0 Å². The van der Waals surface area contributed by atoms with Gasteiger partial charge in [-0.15, -0.1) is 0 Å². The van der Waals surface area contributed by atoms with Crippen LogP contribution in [0.1, 0.15) is 22.3 Å². The molecule has 76 valence electrons. The molecule has 0 fully saturated rings. The van der Waals surface area contributed by atoms with Crippen LogP contribution in [-0.2, 0) is 9.30 Å². The quantitative estimate of drug-likeness (QED) is 0.322. The van der Waals surface area contributed by atoms with Crippen LogP contribution in [0.2, 0.25) is 0 Å². The Morgan fingerprint density at radius 3 is 0.615 bits per heavy atom. The SMILES string of the molecule is C.C.C.N#N.N#N.O=O.[C-]#[O+].[C-]#[O+]. The van der Waals surface area contributed by atoms with Crippen molar-refractivity contribution in [2.24, 2.45) is 0 Å². The Morgan fingerprint density at radius 2 is 0.615 bits per heavy atom. The number of rotatable bonds is 0. The first-order chi connectivity index (χ1) is 5.00. The first-order valence-corrected chi connectivity index (χ1v) is 0.975. The van der Waals surface area contributed by atoms with Crippen LogP contribution in [0, 0.1) is 44.8 Å². The Labute approximate surface area is 77.4 Å². The molecular weight excluding hydrogens is 180 g/mol. The molecule has 0 amide bonds. The summed E-state index contributed by atoms with van der Waals surface area (Å²) >= 11 is 0. The third-order valence-corrected chi connectivity index (χ3v) is 0. The van der Waals surface area contributed by atoms with E-state index < -0.39 is 0 Å². The third-order valence-electron chi connectivity index (χ3n) is 0. The maximum absolute atomic E-state index is 7.50. The molecule has 0 spiro atoms. The third kappa shape index (κ3) is 144. The minimum atomic E-state index is 0. The van der Waals surface area contributed by atoms with Gasteiger partial charge in [0.25, 0.3) is 0 Å². The Hall–Kier alpha value is -2.08. The fraction of sp³-hybridized carbons (Fsp3) is 0.600. The van der Waals surface area contributed by atoms with E-state index in [0.29, 0.717) is 0 Å². The van der Waals surface area contributed by atoms with Crippen LogP contribution >= 0.6 is 0 Å². The molecule has 0 aliphatic rings. The van der Waals surface area contributed by atoms with Crippen molar-refractivity contribution in [2.75, 3.05) is 0 Å². The first-order valence-electron chi connectivity index (χ1n) is 0.975. The van der Waals surface area contributed by atoms with Crippen LogP contribution < -0.4 is 0 Å². The minimum absolute atomic E-state index is 0. The molecular formula is C5H12N4O4. The average molecular weight is 192 g/mol. The molecule has 0 radical (unpaired) electrons. The van der Waals surface area contributed by atoms with Gasteiger partial charge in [-0.2, -0.15) is 0 Å². The number of hydrogen-bond acceptors (Lipinski definition) is 6. The zero-order valence-electron chi connectivity index (χ0n) is 4.42. The molecule has 0 saturated heterocycles. The molecule has 8 nitrogen and oxygen atoms in total. The van der Waals surface area contributed by atoms with Crippen LogP contribution in [-0.4, -0.2) is 0 Å². The molecule has 0 N–H and O–H groups in total. The molecule has 0 bridgehead atoms. The van der Waals surface area contributed by atoms with Gasteiger partial charge in [0, 0.05) is 31.5 Å². The Morgan fingerprint density at radius 1 is 0.615 bits per heavy atom. The average Bonchev–Trinajstić information content (AvgIpc) is 2.20. The van der Waals surface area contributed by atoms with Gasteiger partial charge in [0.05, 0.1) is 0 Å². The van der Waals surface area contributed by atoms with Crippen molar-refractivity contribution in [3.05, 3.63) is 23.2 Å². The molecule has 0 aliphatic heterocycles. The Balaban J connectivity index is -0.00000000379. The standard InChI is InChI=1S/2CO.3CH4.2N2.O2/c2*1-2;;;;3*1-2/h;;3*1H4;;;. The zero-order chi connectivity index (χ0) is 10.0. The van der Waals surface area contributed by atoms with Crippen LogP contribution in [0.4, 0.5) is 0 Å². The fourth-order valence-electron chi connectivity index (χ4n) is 0. The van der Waals surface area contributed by atoms with Gasteiger partial charge in [-0.3, -0.25) is 0 Å². The topological polar surface area (TPSA) is 169 Å². The first kappa shape index (κ1) is 126. The van der Waals surface area contributed by atoms with Gasteiger partial charge >= 0.3 is 22.6 Å². The van der Waals surface area contributed by atoms with E-state index in [1.165, 1.54) is 0 Å². The van der Waals surface area contributed by atoms with E-state index in [1.54, 1.807) is 0 Å². The van der Waals surface area contributed by atoms with Crippen molar-refractivity contribution in [2.45, 2.75) is 22.3 Å². The van der Waals surface area contributed by atoms with Crippen LogP contribution in [0.15, 0.2) is 0 Å². The van der Waals surface area contributed by atoms with Crippen molar-refractivity contribution < 1.29 is 9.30 Å². The predicted molar refractivity (Wildman–Crippen MR) is 41.7 cm³/mol. The van der Waals surface area contributed by atoms with E-state index in [-0.39, 0.29) is 22.3 Å². The van der Waals surface area contributed by atoms with Gasteiger partial charge < -0.3 is 0 Å². The summed E-state index contributed by atoms with van der Waals surface area (Å²) in [5.41, 5.74) is 0. The van der Waals surface area contributed by atoms with Gasteiger partial charge in [-0.25, -0.2) is 0 Å². The summed E-state index contributed by atoms with van der Waals surface area (Å²) in [5, 5.41) is 24.0. The van der Waals surface area contributed by atoms with Crippen molar-refractivity contribution in [1.82, 2.24) is 0 Å². The molecule has 0 aromatic heterocycles. The molecule has 0 heterocycles. The number of hydrogen-bond donors (Lipinski definition) is 0. The Kier molecular flexibility index (Phi) is 1770. The molecule has 8 heteroatoms. The summed E-state index contributed by atoms with van der Waals surface area (Å²) in [7, 11) is 0. The van der Waals surface area contributed by atoms with Crippen LogP contribution in [0.5, 0.6) is 0 Å². The second kappa shape index (κ2) is 182. The monoisotopic (exact) mass is 192 g/mol. The van der Waals surface area contributed by atoms with Crippen molar-refractivity contribution in [3.63, 3.8) is 0 Å². The van der Waals surface area contributed by atoms with Gasteiger partial charge in [-0.05, 0) is 0 Å². The van der Waals surface area contributed by atoms with Crippen LogP contribution in [0.25, 0.3) is 0 Å². The van der Waals surface area contributed by atoms with E-state index in [4.69, 9.17) is 40.8 Å². The van der Waals surface area contributed by atoms with Crippen molar-refractivity contribution in [1.29, 1.82) is 21.6 Å². The second-order valence-corrected chi connectivity index (χ2v) is 0. The molecule has 13 heavy (non-hydrogen) atoms. The molecule has 0 rings (SSSR count). The van der Waals surface area contributed by atoms with Crippen molar-refractivity contribution in [3.8, 4) is 0 Å². The summed E-state index contributed by atoms with van der Waals surface area (Å²) < 4.78 is 15.0. The van der Waals surface area contributed by atoms with E-state index in [2.05, 4.69) is 13.3 Å². The fourth-order valence-corrected chi connectivity index (χ4v) is 0. The summed E-state index contributed by atoms with van der Waals surface area (Å²) in [4.78, 5) is 14.0. The molecule has 0 aromatic carbocycles. The molecule has 0 saturated carbocycles. The van der Waals surface area contributed by atoms with Gasteiger partial charge in [0.2, 0.25) is 0 Å². The summed E-state index contributed by atoms with van der Waals surface area (Å²) in [6.45, 7) is 9.00. The van der Waals surface area contributed by atoms with Gasteiger partial charge in [0.1, 0.15) is 0 Å². The number of nitrogens with zero attached hydrogens (tertiary/aromatic N) is 4. The normalized spacial score (nSPS) is 0.923. The van der Waals surface area contributed by atoms with Crippen LogP contribution in [0.3, 0.4) is 0 Å². The molecule has 0 aliphatic carbocycles. The summed E-state index contributed by atoms with van der Waals surface area (Å²) in [6.07, 6.45) is 0. The zero-order valence-corrected chi connectivity index (χ0v) is 4.42. The van der Waals surface area contributed by atoms with E-state index in [9.17, 15) is 0 Å². The van der Waals surface area contributed by atoms with Gasteiger partial charge in [0.15, 0.2) is 0 Å².